The molecule has 1 aliphatic carbocycles. The number of benzene rings is 2. The van der Waals surface area contributed by atoms with E-state index in [-0.39, 0.29) is 33.4 Å². The topological polar surface area (TPSA) is 120 Å². The predicted molar refractivity (Wildman–Crippen MR) is 139 cm³/mol. The van der Waals surface area contributed by atoms with Crippen molar-refractivity contribution in [3.05, 3.63) is 63.6 Å². The van der Waals surface area contributed by atoms with Crippen molar-refractivity contribution in [3.8, 4) is 0 Å². The van der Waals surface area contributed by atoms with Crippen LogP contribution in [0.15, 0.2) is 52.4 Å². The number of hydrogen-bond donors (Lipinski definition) is 3. The summed E-state index contributed by atoms with van der Waals surface area (Å²) in [5.74, 6) is -0.0455. The molecule has 1 heterocycles. The zero-order chi connectivity index (χ0) is 25.7. The van der Waals surface area contributed by atoms with E-state index in [1.165, 1.54) is 12.1 Å². The summed E-state index contributed by atoms with van der Waals surface area (Å²) in [4.78, 5) is 28.9. The minimum atomic E-state index is -4.09. The number of aliphatic imine (C=N–C) groups is 1. The molecule has 0 radical (unpaired) electrons. The number of nitrogens with zero attached hydrogens (tertiary/aromatic N) is 2. The van der Waals surface area contributed by atoms with Gasteiger partial charge in [-0.15, -0.1) is 0 Å². The number of amidine groups is 1. The van der Waals surface area contributed by atoms with E-state index in [1.807, 2.05) is 24.3 Å². The summed E-state index contributed by atoms with van der Waals surface area (Å²) in [5, 5.41) is 8.46. The molecule has 0 atom stereocenters. The van der Waals surface area contributed by atoms with Gasteiger partial charge in [0.25, 0.3) is 0 Å². The molecule has 2 aromatic rings. The van der Waals surface area contributed by atoms with Crippen LogP contribution < -0.4 is 16.0 Å². The van der Waals surface area contributed by atoms with Gasteiger partial charge in [0.1, 0.15) is 10.7 Å². The summed E-state index contributed by atoms with van der Waals surface area (Å²) in [5.41, 5.74) is 2.09. The van der Waals surface area contributed by atoms with Gasteiger partial charge in [0.15, 0.2) is 0 Å². The van der Waals surface area contributed by atoms with Crippen LogP contribution in [0, 0.1) is 0 Å². The SMILES string of the molecule is O=C(CNC(=O)CN(C1CC1)S(=O)(=O)c1c(Cl)cccc1Cl)NCCc1ccc(C2=NCCN2)cc1. The molecule has 2 aliphatic rings. The van der Waals surface area contributed by atoms with Gasteiger partial charge < -0.3 is 16.0 Å². The largest absolute Gasteiger partial charge is 0.368 e. The molecule has 0 unspecified atom stereocenters. The van der Waals surface area contributed by atoms with Crippen molar-refractivity contribution in [1.82, 2.24) is 20.3 Å². The first-order chi connectivity index (χ1) is 17.3. The Bertz CT molecular complexity index is 1240. The number of carbonyl (C=O) groups excluding carboxylic acids is 2. The van der Waals surface area contributed by atoms with Crippen LogP contribution in [-0.2, 0) is 26.0 Å². The first-order valence-electron chi connectivity index (χ1n) is 11.6. The molecule has 1 aliphatic heterocycles. The Morgan fingerprint density at radius 2 is 1.72 bits per heavy atom. The minimum Gasteiger partial charge on any atom is -0.368 e. The van der Waals surface area contributed by atoms with Crippen molar-refractivity contribution in [2.45, 2.75) is 30.2 Å². The lowest BCUT2D eigenvalue weighted by Crippen LogP contribution is -2.45. The molecule has 3 N–H and O–H groups in total. The van der Waals surface area contributed by atoms with Crippen molar-refractivity contribution < 1.29 is 18.0 Å². The quantitative estimate of drug-likeness (QED) is 0.394. The Balaban J connectivity index is 1.24. The van der Waals surface area contributed by atoms with Crippen molar-refractivity contribution in [2.24, 2.45) is 4.99 Å². The van der Waals surface area contributed by atoms with E-state index >= 15 is 0 Å². The van der Waals surface area contributed by atoms with Gasteiger partial charge in [-0.1, -0.05) is 53.5 Å². The van der Waals surface area contributed by atoms with E-state index in [2.05, 4.69) is 20.9 Å². The Hall–Kier alpha value is -2.66. The second kappa shape index (κ2) is 11.6. The highest BCUT2D eigenvalue weighted by Gasteiger charge is 2.41. The highest BCUT2D eigenvalue weighted by molar-refractivity contribution is 7.89. The first-order valence-corrected chi connectivity index (χ1v) is 13.8. The monoisotopic (exact) mass is 551 g/mol. The lowest BCUT2D eigenvalue weighted by atomic mass is 10.1. The fraction of sp³-hybridized carbons (Fsp3) is 0.375. The summed E-state index contributed by atoms with van der Waals surface area (Å²) in [6.45, 7) is 1.36. The number of carbonyl (C=O) groups is 2. The van der Waals surface area contributed by atoms with Crippen LogP contribution in [0.3, 0.4) is 0 Å². The third-order valence-corrected chi connectivity index (χ3v) is 8.68. The van der Waals surface area contributed by atoms with Crippen LogP contribution in [0.25, 0.3) is 0 Å². The molecule has 0 bridgehead atoms. The number of halogens is 2. The summed E-state index contributed by atoms with van der Waals surface area (Å²) in [7, 11) is -4.09. The van der Waals surface area contributed by atoms with Gasteiger partial charge in [0.05, 0.1) is 29.7 Å². The summed E-state index contributed by atoms with van der Waals surface area (Å²) < 4.78 is 27.5. The molecular weight excluding hydrogens is 525 g/mol. The first kappa shape index (κ1) is 26.4. The van der Waals surface area contributed by atoms with Crippen LogP contribution in [0.5, 0.6) is 0 Å². The van der Waals surface area contributed by atoms with Gasteiger partial charge >= 0.3 is 0 Å². The van der Waals surface area contributed by atoms with Crippen molar-refractivity contribution in [3.63, 3.8) is 0 Å². The second-order valence-electron chi connectivity index (χ2n) is 8.56. The number of nitrogens with one attached hydrogen (secondary N) is 3. The van der Waals surface area contributed by atoms with E-state index in [9.17, 15) is 18.0 Å². The Labute approximate surface area is 220 Å². The standard InChI is InChI=1S/C24H27Cl2N5O4S/c25-19-2-1-3-20(26)23(19)36(34,35)31(18-8-9-18)15-22(33)30-14-21(32)27-11-10-16-4-6-17(7-5-16)24-28-12-13-29-24/h1-7,18H,8-15H2,(H,27,32)(H,28,29)(H,30,33). The van der Waals surface area contributed by atoms with E-state index in [4.69, 9.17) is 23.2 Å². The van der Waals surface area contributed by atoms with E-state index in [0.717, 1.165) is 34.4 Å². The molecule has 4 rings (SSSR count). The van der Waals surface area contributed by atoms with Gasteiger partial charge in [-0.05, 0) is 37.0 Å². The van der Waals surface area contributed by atoms with Crippen molar-refractivity contribution in [1.29, 1.82) is 0 Å². The van der Waals surface area contributed by atoms with Crippen LogP contribution in [0.1, 0.15) is 24.0 Å². The molecule has 192 valence electrons. The number of rotatable bonds is 11. The van der Waals surface area contributed by atoms with Gasteiger partial charge in [-0.2, -0.15) is 4.31 Å². The average Bonchev–Trinajstić information content (AvgIpc) is 3.53. The lowest BCUT2D eigenvalue weighted by molar-refractivity contribution is -0.126. The summed E-state index contributed by atoms with van der Waals surface area (Å²) >= 11 is 12.2. The lowest BCUT2D eigenvalue weighted by Gasteiger charge is -2.22. The van der Waals surface area contributed by atoms with Gasteiger partial charge in [-0.3, -0.25) is 14.6 Å². The van der Waals surface area contributed by atoms with E-state index in [1.54, 1.807) is 6.07 Å². The van der Waals surface area contributed by atoms with E-state index < -0.39 is 22.5 Å². The maximum atomic E-state index is 13.2. The minimum absolute atomic E-state index is 0.00784. The Morgan fingerprint density at radius 1 is 1.03 bits per heavy atom. The molecular formula is C24H27Cl2N5O4S. The zero-order valence-corrected chi connectivity index (χ0v) is 21.8. The molecule has 1 saturated carbocycles. The molecule has 0 spiro atoms. The van der Waals surface area contributed by atoms with Gasteiger partial charge in [-0.25, -0.2) is 8.42 Å². The second-order valence-corrected chi connectivity index (χ2v) is 11.2. The summed E-state index contributed by atoms with van der Waals surface area (Å²) in [6, 6.07) is 12.1. The normalized spacial score (nSPS) is 15.4. The number of sulfonamides is 1. The van der Waals surface area contributed by atoms with Crippen LogP contribution >= 0.6 is 23.2 Å². The third-order valence-electron chi connectivity index (χ3n) is 5.82. The third kappa shape index (κ3) is 6.56. The van der Waals surface area contributed by atoms with Gasteiger partial charge in [0.2, 0.25) is 21.8 Å². The number of hydrogen-bond acceptors (Lipinski definition) is 6. The molecule has 36 heavy (non-hydrogen) atoms. The van der Waals surface area contributed by atoms with E-state index in [0.29, 0.717) is 25.8 Å². The molecule has 0 saturated heterocycles. The average molecular weight is 552 g/mol. The molecule has 2 amide bonds. The summed E-state index contributed by atoms with van der Waals surface area (Å²) in [6.07, 6.45) is 1.91. The van der Waals surface area contributed by atoms with Crippen LogP contribution in [0.2, 0.25) is 10.0 Å². The van der Waals surface area contributed by atoms with Crippen molar-refractivity contribution in [2.75, 3.05) is 32.7 Å². The van der Waals surface area contributed by atoms with Crippen molar-refractivity contribution >= 4 is 50.9 Å². The molecule has 0 aromatic heterocycles. The molecule has 1 fully saturated rings. The Kier molecular flexibility index (Phi) is 8.50. The van der Waals surface area contributed by atoms with Crippen LogP contribution in [0.4, 0.5) is 0 Å². The molecule has 12 heteroatoms. The Morgan fingerprint density at radius 3 is 2.33 bits per heavy atom. The van der Waals surface area contributed by atoms with Crippen LogP contribution in [-0.4, -0.2) is 69.1 Å². The highest BCUT2D eigenvalue weighted by Crippen LogP contribution is 2.37. The van der Waals surface area contributed by atoms with Gasteiger partial charge in [0, 0.05) is 24.7 Å². The maximum absolute atomic E-state index is 13.2. The fourth-order valence-corrected chi connectivity index (χ4v) is 6.56. The molecule has 9 nitrogen and oxygen atoms in total. The fourth-order valence-electron chi connectivity index (χ4n) is 3.82. The predicted octanol–water partition coefficient (Wildman–Crippen LogP) is 1.97. The smallest absolute Gasteiger partial charge is 0.246 e. The maximum Gasteiger partial charge on any atom is 0.246 e. The molecule has 2 aromatic carbocycles. The zero-order valence-electron chi connectivity index (χ0n) is 19.5. The highest BCUT2D eigenvalue weighted by atomic mass is 35.5. The number of amides is 2.